The smallest absolute Gasteiger partial charge is 0.222 e. The number of carbonyl (C=O) groups excluding carboxylic acids is 1. The van der Waals surface area contributed by atoms with Crippen LogP contribution >= 0.6 is 15.9 Å². The molecule has 21 heavy (non-hydrogen) atoms. The lowest BCUT2D eigenvalue weighted by Gasteiger charge is -2.16. The van der Waals surface area contributed by atoms with Gasteiger partial charge >= 0.3 is 0 Å². The predicted molar refractivity (Wildman–Crippen MR) is 89.7 cm³/mol. The molecule has 0 spiro atoms. The van der Waals surface area contributed by atoms with Crippen molar-refractivity contribution in [3.05, 3.63) is 27.7 Å². The van der Waals surface area contributed by atoms with Gasteiger partial charge in [-0.15, -0.1) is 0 Å². The second-order valence-corrected chi connectivity index (χ2v) is 6.15. The highest BCUT2D eigenvalue weighted by atomic mass is 79.9. The van der Waals surface area contributed by atoms with E-state index in [-0.39, 0.29) is 5.91 Å². The van der Waals surface area contributed by atoms with E-state index in [0.717, 1.165) is 40.9 Å². The van der Waals surface area contributed by atoms with Crippen LogP contribution in [0.4, 0.5) is 0 Å². The monoisotopic (exact) mass is 356 g/mol. The van der Waals surface area contributed by atoms with Gasteiger partial charge in [0.15, 0.2) is 0 Å². The van der Waals surface area contributed by atoms with Crippen LogP contribution in [0.2, 0.25) is 0 Å². The van der Waals surface area contributed by atoms with Crippen molar-refractivity contribution < 1.29 is 9.53 Å². The fourth-order valence-corrected chi connectivity index (χ4v) is 2.64. The van der Waals surface area contributed by atoms with Gasteiger partial charge in [-0.25, -0.2) is 0 Å². The number of halogens is 1. The number of ether oxygens (including phenoxy) is 1. The average molecular weight is 357 g/mol. The number of aryl methyl sites for hydroxylation is 1. The van der Waals surface area contributed by atoms with E-state index in [2.05, 4.69) is 40.3 Å². The first-order chi connectivity index (χ1) is 9.95. The molecule has 118 valence electrons. The van der Waals surface area contributed by atoms with Crippen molar-refractivity contribution in [1.82, 2.24) is 10.2 Å². The maximum Gasteiger partial charge on any atom is 0.222 e. The van der Waals surface area contributed by atoms with Crippen molar-refractivity contribution in [1.29, 1.82) is 0 Å². The first kappa shape index (κ1) is 18.0. The Balaban J connectivity index is 2.62. The zero-order valence-corrected chi connectivity index (χ0v) is 14.9. The van der Waals surface area contributed by atoms with E-state index < -0.39 is 0 Å². The molecule has 1 N–H and O–H groups in total. The van der Waals surface area contributed by atoms with Crippen LogP contribution < -0.4 is 10.1 Å². The summed E-state index contributed by atoms with van der Waals surface area (Å²) in [6, 6.07) is 4.13. The van der Waals surface area contributed by atoms with E-state index in [9.17, 15) is 4.79 Å². The van der Waals surface area contributed by atoms with E-state index in [1.165, 1.54) is 0 Å². The highest BCUT2D eigenvalue weighted by Crippen LogP contribution is 2.28. The van der Waals surface area contributed by atoms with E-state index in [1.54, 1.807) is 19.0 Å². The molecule has 0 aliphatic rings. The van der Waals surface area contributed by atoms with Gasteiger partial charge in [-0.3, -0.25) is 4.79 Å². The number of benzene rings is 1. The fraction of sp³-hybridized carbons (Fsp3) is 0.562. The summed E-state index contributed by atoms with van der Waals surface area (Å²) >= 11 is 3.52. The molecule has 5 heteroatoms. The number of rotatable bonds is 8. The van der Waals surface area contributed by atoms with Gasteiger partial charge in [-0.1, -0.05) is 22.9 Å². The van der Waals surface area contributed by atoms with Crippen molar-refractivity contribution in [2.45, 2.75) is 33.2 Å². The summed E-state index contributed by atoms with van der Waals surface area (Å²) in [4.78, 5) is 13.1. The Hall–Kier alpha value is -1.07. The minimum atomic E-state index is 0.138. The average Bonchev–Trinajstić information content (AvgIpc) is 2.42. The summed E-state index contributed by atoms with van der Waals surface area (Å²) < 4.78 is 6.98. The number of hydrogen-bond acceptors (Lipinski definition) is 3. The molecular weight excluding hydrogens is 332 g/mol. The maximum absolute atomic E-state index is 11.5. The van der Waals surface area contributed by atoms with Crippen molar-refractivity contribution in [2.24, 2.45) is 0 Å². The first-order valence-electron chi connectivity index (χ1n) is 7.28. The van der Waals surface area contributed by atoms with Gasteiger partial charge in [-0.2, -0.15) is 0 Å². The topological polar surface area (TPSA) is 41.6 Å². The lowest BCUT2D eigenvalue weighted by molar-refractivity contribution is -0.128. The number of amides is 1. The molecule has 0 unspecified atom stereocenters. The van der Waals surface area contributed by atoms with Crippen LogP contribution in [0.25, 0.3) is 0 Å². The molecule has 0 saturated heterocycles. The molecular formula is C16H25BrN2O2. The molecule has 0 radical (unpaired) electrons. The summed E-state index contributed by atoms with van der Waals surface area (Å²) in [5, 5.41) is 3.32. The lowest BCUT2D eigenvalue weighted by atomic mass is 10.1. The van der Waals surface area contributed by atoms with Crippen LogP contribution in [-0.2, 0) is 11.3 Å². The molecule has 0 aliphatic heterocycles. The Morgan fingerprint density at radius 1 is 1.38 bits per heavy atom. The molecule has 1 aromatic carbocycles. The highest BCUT2D eigenvalue weighted by molar-refractivity contribution is 9.10. The number of carbonyl (C=O) groups is 1. The van der Waals surface area contributed by atoms with E-state index >= 15 is 0 Å². The summed E-state index contributed by atoms with van der Waals surface area (Å²) in [6.45, 7) is 6.38. The summed E-state index contributed by atoms with van der Waals surface area (Å²) in [7, 11) is 3.55. The quantitative estimate of drug-likeness (QED) is 0.727. The zero-order valence-electron chi connectivity index (χ0n) is 13.3. The molecule has 0 saturated carbocycles. The molecule has 0 fully saturated rings. The molecule has 0 heterocycles. The van der Waals surface area contributed by atoms with Crippen LogP contribution in [0.1, 0.15) is 30.9 Å². The lowest BCUT2D eigenvalue weighted by Crippen LogP contribution is -2.22. The second-order valence-electron chi connectivity index (χ2n) is 5.23. The fourth-order valence-electron chi connectivity index (χ4n) is 2.02. The highest BCUT2D eigenvalue weighted by Gasteiger charge is 2.10. The minimum absolute atomic E-state index is 0.138. The molecule has 0 aromatic heterocycles. The Morgan fingerprint density at radius 2 is 2.10 bits per heavy atom. The Kier molecular flexibility index (Phi) is 7.75. The predicted octanol–water partition coefficient (Wildman–Crippen LogP) is 3.11. The van der Waals surface area contributed by atoms with Crippen molar-refractivity contribution >= 4 is 21.8 Å². The minimum Gasteiger partial charge on any atom is -0.493 e. The van der Waals surface area contributed by atoms with E-state index in [4.69, 9.17) is 4.74 Å². The van der Waals surface area contributed by atoms with Crippen LogP contribution in [0.15, 0.2) is 16.6 Å². The third-order valence-electron chi connectivity index (χ3n) is 3.16. The van der Waals surface area contributed by atoms with Gasteiger partial charge in [0.2, 0.25) is 5.91 Å². The molecule has 1 rings (SSSR count). The normalized spacial score (nSPS) is 10.5. The number of nitrogens with zero attached hydrogens (tertiary/aromatic N) is 1. The van der Waals surface area contributed by atoms with Gasteiger partial charge < -0.3 is 15.0 Å². The third kappa shape index (κ3) is 6.06. The second kappa shape index (κ2) is 9.05. The molecule has 0 aliphatic carbocycles. The van der Waals surface area contributed by atoms with Crippen LogP contribution in [0.3, 0.4) is 0 Å². The van der Waals surface area contributed by atoms with E-state index in [0.29, 0.717) is 13.0 Å². The standard InChI is InChI=1S/C16H25BrN2O2/c1-5-18-11-13-10-14(17)9-12(2)16(13)21-8-6-7-15(20)19(3)4/h9-10,18H,5-8,11H2,1-4H3. The number of nitrogens with one attached hydrogen (secondary N) is 1. The van der Waals surface area contributed by atoms with Crippen LogP contribution in [0.5, 0.6) is 5.75 Å². The summed E-state index contributed by atoms with van der Waals surface area (Å²) in [5.74, 6) is 1.07. The van der Waals surface area contributed by atoms with Gasteiger partial charge in [0.25, 0.3) is 0 Å². The summed E-state index contributed by atoms with van der Waals surface area (Å²) in [6.07, 6.45) is 1.25. The molecule has 1 amide bonds. The van der Waals surface area contributed by atoms with Gasteiger partial charge in [-0.05, 0) is 37.6 Å². The van der Waals surface area contributed by atoms with Crippen molar-refractivity contribution in [3.63, 3.8) is 0 Å². The molecule has 4 nitrogen and oxygen atoms in total. The van der Waals surface area contributed by atoms with Crippen LogP contribution in [-0.4, -0.2) is 38.1 Å². The third-order valence-corrected chi connectivity index (χ3v) is 3.62. The van der Waals surface area contributed by atoms with Crippen molar-refractivity contribution in [3.8, 4) is 5.75 Å². The molecule has 0 atom stereocenters. The zero-order chi connectivity index (χ0) is 15.8. The molecule has 1 aromatic rings. The Labute approximate surface area is 136 Å². The van der Waals surface area contributed by atoms with Gasteiger partial charge in [0.1, 0.15) is 5.75 Å². The Bertz CT molecular complexity index is 476. The maximum atomic E-state index is 11.5. The summed E-state index contributed by atoms with van der Waals surface area (Å²) in [5.41, 5.74) is 2.25. The number of hydrogen-bond donors (Lipinski definition) is 1. The SMILES string of the molecule is CCNCc1cc(Br)cc(C)c1OCCCC(=O)N(C)C. The first-order valence-corrected chi connectivity index (χ1v) is 8.07. The van der Waals surface area contributed by atoms with Gasteiger partial charge in [0, 0.05) is 37.1 Å². The van der Waals surface area contributed by atoms with Crippen molar-refractivity contribution in [2.75, 3.05) is 27.2 Å². The van der Waals surface area contributed by atoms with Crippen LogP contribution in [0, 0.1) is 6.92 Å². The largest absolute Gasteiger partial charge is 0.493 e. The van der Waals surface area contributed by atoms with Gasteiger partial charge in [0.05, 0.1) is 6.61 Å². The van der Waals surface area contributed by atoms with E-state index in [1.807, 2.05) is 6.92 Å². The Morgan fingerprint density at radius 3 is 2.71 bits per heavy atom. The molecule has 0 bridgehead atoms.